The summed E-state index contributed by atoms with van der Waals surface area (Å²) in [5.41, 5.74) is 5.58. The maximum absolute atomic E-state index is 12.0. The van der Waals surface area contributed by atoms with Gasteiger partial charge in [-0.2, -0.15) is 5.10 Å². The Balaban J connectivity index is 1.86. The molecule has 0 saturated heterocycles. The van der Waals surface area contributed by atoms with Gasteiger partial charge in [-0.05, 0) is 19.8 Å². The largest absolute Gasteiger partial charge is 0.381 e. The molecule has 1 amide bonds. The summed E-state index contributed by atoms with van der Waals surface area (Å²) in [7, 11) is -3.69. The molecule has 0 bridgehead atoms. The van der Waals surface area contributed by atoms with Gasteiger partial charge in [-0.3, -0.25) is 9.48 Å². The third-order valence-electron chi connectivity index (χ3n) is 3.03. The average Bonchev–Trinajstić information content (AvgIpc) is 3.17. The lowest BCUT2D eigenvalue weighted by Crippen LogP contribution is -2.35. The van der Waals surface area contributed by atoms with E-state index in [0.717, 1.165) is 12.8 Å². The van der Waals surface area contributed by atoms with Crippen LogP contribution in [0.4, 0.5) is 5.82 Å². The highest BCUT2D eigenvalue weighted by molar-refractivity contribution is 7.89. The summed E-state index contributed by atoms with van der Waals surface area (Å²) in [6.07, 6.45) is 3.23. The van der Waals surface area contributed by atoms with Crippen LogP contribution in [0.2, 0.25) is 0 Å². The van der Waals surface area contributed by atoms with Crippen molar-refractivity contribution < 1.29 is 13.2 Å². The molecule has 1 saturated carbocycles. The second-order valence-electron chi connectivity index (χ2n) is 4.70. The fourth-order valence-corrected chi connectivity index (χ4v) is 2.83. The molecule has 1 aromatic heterocycles. The number of aryl methyl sites for hydroxylation is 1. The second-order valence-corrected chi connectivity index (χ2v) is 6.43. The molecular formula is C11H19N5O3S. The zero-order valence-corrected chi connectivity index (χ0v) is 12.1. The Bertz CT molecular complexity index is 591. The highest BCUT2D eigenvalue weighted by Crippen LogP contribution is 2.28. The highest BCUT2D eigenvalue weighted by atomic mass is 32.2. The molecule has 4 N–H and O–H groups in total. The number of aromatic nitrogens is 2. The minimum atomic E-state index is -3.69. The van der Waals surface area contributed by atoms with Gasteiger partial charge in [0, 0.05) is 31.7 Å². The molecule has 1 aliphatic rings. The van der Waals surface area contributed by atoms with E-state index in [0.29, 0.717) is 6.54 Å². The monoisotopic (exact) mass is 301 g/mol. The molecular weight excluding hydrogens is 282 g/mol. The third kappa shape index (κ3) is 3.48. The van der Waals surface area contributed by atoms with Gasteiger partial charge in [0.25, 0.3) is 0 Å². The van der Waals surface area contributed by atoms with Gasteiger partial charge >= 0.3 is 0 Å². The molecule has 1 fully saturated rings. The number of hydrogen-bond donors (Lipinski definition) is 3. The van der Waals surface area contributed by atoms with Gasteiger partial charge in [0.1, 0.15) is 4.90 Å². The average molecular weight is 301 g/mol. The van der Waals surface area contributed by atoms with E-state index in [9.17, 15) is 13.2 Å². The van der Waals surface area contributed by atoms with Crippen LogP contribution in [0.15, 0.2) is 11.1 Å². The van der Waals surface area contributed by atoms with E-state index >= 15 is 0 Å². The third-order valence-corrected chi connectivity index (χ3v) is 4.51. The molecule has 112 valence electrons. The number of hydrogen-bond acceptors (Lipinski definition) is 5. The van der Waals surface area contributed by atoms with Gasteiger partial charge < -0.3 is 11.1 Å². The molecule has 0 aliphatic heterocycles. The molecule has 20 heavy (non-hydrogen) atoms. The Kier molecular flexibility index (Phi) is 4.29. The van der Waals surface area contributed by atoms with Gasteiger partial charge in [-0.15, -0.1) is 0 Å². The number of nitrogens with one attached hydrogen (secondary N) is 2. The summed E-state index contributed by atoms with van der Waals surface area (Å²) >= 11 is 0. The first kappa shape index (κ1) is 14.8. The zero-order chi connectivity index (χ0) is 14.8. The number of carbonyl (C=O) groups excluding carboxylic acids is 1. The fourth-order valence-electron chi connectivity index (χ4n) is 1.73. The van der Waals surface area contributed by atoms with Gasteiger partial charge in [0.05, 0.1) is 0 Å². The van der Waals surface area contributed by atoms with Crippen LogP contribution in [0.3, 0.4) is 0 Å². The van der Waals surface area contributed by atoms with Crippen molar-refractivity contribution in [3.63, 3.8) is 0 Å². The van der Waals surface area contributed by atoms with E-state index in [2.05, 4.69) is 15.1 Å². The molecule has 9 heteroatoms. The number of nitrogens with two attached hydrogens (primary N) is 1. The van der Waals surface area contributed by atoms with E-state index in [1.54, 1.807) is 0 Å². The van der Waals surface area contributed by atoms with Crippen LogP contribution in [0.5, 0.6) is 0 Å². The van der Waals surface area contributed by atoms with E-state index < -0.39 is 10.0 Å². The van der Waals surface area contributed by atoms with Gasteiger partial charge in [-0.1, -0.05) is 0 Å². The van der Waals surface area contributed by atoms with E-state index in [1.807, 2.05) is 6.92 Å². The summed E-state index contributed by atoms with van der Waals surface area (Å²) in [4.78, 5) is 11.3. The van der Waals surface area contributed by atoms with Crippen molar-refractivity contribution in [2.75, 3.05) is 18.8 Å². The van der Waals surface area contributed by atoms with E-state index in [-0.39, 0.29) is 35.6 Å². The predicted molar refractivity (Wildman–Crippen MR) is 73.2 cm³/mol. The van der Waals surface area contributed by atoms with Crippen molar-refractivity contribution in [3.05, 3.63) is 6.20 Å². The first-order chi connectivity index (χ1) is 9.44. The Morgan fingerprint density at radius 3 is 2.75 bits per heavy atom. The van der Waals surface area contributed by atoms with Crippen LogP contribution >= 0.6 is 0 Å². The number of rotatable bonds is 7. The van der Waals surface area contributed by atoms with Crippen molar-refractivity contribution in [1.82, 2.24) is 19.8 Å². The lowest BCUT2D eigenvalue weighted by atomic mass is 10.4. The lowest BCUT2D eigenvalue weighted by molar-refractivity contribution is -0.122. The topological polar surface area (TPSA) is 119 Å². The van der Waals surface area contributed by atoms with Crippen molar-refractivity contribution in [2.24, 2.45) is 5.92 Å². The maximum atomic E-state index is 12.0. The predicted octanol–water partition coefficient (Wildman–Crippen LogP) is -0.710. The Morgan fingerprint density at radius 2 is 2.20 bits per heavy atom. The maximum Gasteiger partial charge on any atom is 0.245 e. The minimum absolute atomic E-state index is 0.0116. The summed E-state index contributed by atoms with van der Waals surface area (Å²) in [6.45, 7) is 2.76. The number of nitrogens with zero attached hydrogens (tertiary/aromatic N) is 2. The van der Waals surface area contributed by atoms with Crippen LogP contribution < -0.4 is 15.8 Å². The van der Waals surface area contributed by atoms with Crippen LogP contribution in [-0.2, 0) is 21.4 Å². The first-order valence-electron chi connectivity index (χ1n) is 6.54. The minimum Gasteiger partial charge on any atom is -0.381 e. The summed E-state index contributed by atoms with van der Waals surface area (Å²) < 4.78 is 27.9. The SMILES string of the molecule is CCn1cc(S(=O)(=O)NCCNC(=O)C2CC2)c(N)n1. The number of carbonyl (C=O) groups is 1. The lowest BCUT2D eigenvalue weighted by Gasteiger charge is -2.06. The van der Waals surface area contributed by atoms with Gasteiger partial charge in [-0.25, -0.2) is 13.1 Å². The smallest absolute Gasteiger partial charge is 0.245 e. The van der Waals surface area contributed by atoms with Crippen LogP contribution in [0.25, 0.3) is 0 Å². The molecule has 0 atom stereocenters. The molecule has 0 spiro atoms. The molecule has 0 radical (unpaired) electrons. The normalized spacial score (nSPS) is 15.2. The van der Waals surface area contributed by atoms with Crippen LogP contribution in [0.1, 0.15) is 19.8 Å². The fraction of sp³-hybridized carbons (Fsp3) is 0.636. The molecule has 1 aromatic rings. The van der Waals surface area contributed by atoms with Crippen LogP contribution in [-0.4, -0.2) is 37.2 Å². The molecule has 8 nitrogen and oxygen atoms in total. The molecule has 2 rings (SSSR count). The quantitative estimate of drug-likeness (QED) is 0.575. The zero-order valence-electron chi connectivity index (χ0n) is 11.3. The molecule has 1 aliphatic carbocycles. The standard InChI is InChI=1S/C11H19N5O3S/c1-2-16-7-9(10(12)15-16)20(18,19)14-6-5-13-11(17)8-3-4-8/h7-8,14H,2-6H2,1H3,(H2,12,15)(H,13,17). The summed E-state index contributed by atoms with van der Waals surface area (Å²) in [5.74, 6) is 0.0777. The van der Waals surface area contributed by atoms with Gasteiger partial charge in [0.15, 0.2) is 5.82 Å². The second kappa shape index (κ2) is 5.80. The van der Waals surface area contributed by atoms with Crippen molar-refractivity contribution in [1.29, 1.82) is 0 Å². The van der Waals surface area contributed by atoms with E-state index in [4.69, 9.17) is 5.73 Å². The number of sulfonamides is 1. The Labute approximate surface area is 117 Å². The molecule has 1 heterocycles. The molecule has 0 aromatic carbocycles. The number of anilines is 1. The Morgan fingerprint density at radius 1 is 1.50 bits per heavy atom. The Hall–Kier alpha value is -1.61. The number of nitrogen functional groups attached to an aromatic ring is 1. The first-order valence-corrected chi connectivity index (χ1v) is 8.02. The summed E-state index contributed by atoms with van der Waals surface area (Å²) in [5, 5.41) is 6.57. The summed E-state index contributed by atoms with van der Waals surface area (Å²) in [6, 6.07) is 0. The van der Waals surface area contributed by atoms with Crippen molar-refractivity contribution >= 4 is 21.7 Å². The van der Waals surface area contributed by atoms with Gasteiger partial charge in [0.2, 0.25) is 15.9 Å². The highest BCUT2D eigenvalue weighted by Gasteiger charge is 2.29. The van der Waals surface area contributed by atoms with E-state index in [1.165, 1.54) is 10.9 Å². The van der Waals surface area contributed by atoms with Crippen molar-refractivity contribution in [2.45, 2.75) is 31.2 Å². The van der Waals surface area contributed by atoms with Crippen molar-refractivity contribution in [3.8, 4) is 0 Å². The van der Waals surface area contributed by atoms with Crippen LogP contribution in [0, 0.1) is 5.92 Å². The number of amides is 1. The molecule has 0 unspecified atom stereocenters.